The highest BCUT2D eigenvalue weighted by Crippen LogP contribution is 2.36. The normalized spacial score (nSPS) is 24.8. The number of carboxylic acids is 1. The van der Waals surface area contributed by atoms with Gasteiger partial charge in [0.1, 0.15) is 5.82 Å². The number of benzene rings is 1. The lowest BCUT2D eigenvalue weighted by atomic mass is 9.89. The van der Waals surface area contributed by atoms with Gasteiger partial charge in [0, 0.05) is 19.5 Å². The summed E-state index contributed by atoms with van der Waals surface area (Å²) in [5.74, 6) is -2.94. The average Bonchev–Trinajstić information content (AvgIpc) is 3.04. The van der Waals surface area contributed by atoms with Crippen LogP contribution in [0.3, 0.4) is 0 Å². The molecule has 0 saturated carbocycles. The SMILES string of the molecule is C=CCOC1COC2(CCCN(Cc3ccc(F)cc3)C2)C1.O=C(O)C(F)(F)F. The fourth-order valence-electron chi connectivity index (χ4n) is 3.57. The van der Waals surface area contributed by atoms with Gasteiger partial charge in [-0.2, -0.15) is 13.2 Å². The maximum absolute atomic E-state index is 13.0. The van der Waals surface area contributed by atoms with Gasteiger partial charge in [-0.1, -0.05) is 18.2 Å². The Morgan fingerprint density at radius 1 is 1.38 bits per heavy atom. The molecule has 2 unspecified atom stereocenters. The molecule has 3 rings (SSSR count). The first-order valence-corrected chi connectivity index (χ1v) is 9.27. The molecule has 1 N–H and O–H groups in total. The molecule has 1 spiro atoms. The second-order valence-corrected chi connectivity index (χ2v) is 7.19. The predicted molar refractivity (Wildman–Crippen MR) is 97.8 cm³/mol. The molecule has 162 valence electrons. The number of aliphatic carboxylic acids is 1. The molecule has 5 nitrogen and oxygen atoms in total. The van der Waals surface area contributed by atoms with Crippen molar-refractivity contribution in [1.29, 1.82) is 0 Å². The minimum absolute atomic E-state index is 0.0654. The Morgan fingerprint density at radius 3 is 2.62 bits per heavy atom. The number of rotatable bonds is 5. The van der Waals surface area contributed by atoms with Crippen LogP contribution in [0.1, 0.15) is 24.8 Å². The summed E-state index contributed by atoms with van der Waals surface area (Å²) in [6, 6.07) is 6.78. The lowest BCUT2D eigenvalue weighted by molar-refractivity contribution is -0.192. The molecule has 1 aromatic rings. The second kappa shape index (κ2) is 10.2. The second-order valence-electron chi connectivity index (χ2n) is 7.19. The molecular formula is C20H25F4NO4. The van der Waals surface area contributed by atoms with E-state index in [9.17, 15) is 17.6 Å². The summed E-state index contributed by atoms with van der Waals surface area (Å²) >= 11 is 0. The summed E-state index contributed by atoms with van der Waals surface area (Å²) in [6.07, 6.45) is 0.0766. The summed E-state index contributed by atoms with van der Waals surface area (Å²) < 4.78 is 56.6. The molecule has 2 aliphatic rings. The molecule has 0 aromatic heterocycles. The number of halogens is 4. The molecule has 29 heavy (non-hydrogen) atoms. The maximum atomic E-state index is 13.0. The molecule has 2 saturated heterocycles. The van der Waals surface area contributed by atoms with E-state index < -0.39 is 12.1 Å². The van der Waals surface area contributed by atoms with Gasteiger partial charge in [-0.25, -0.2) is 9.18 Å². The number of alkyl halides is 3. The lowest BCUT2D eigenvalue weighted by Gasteiger charge is -2.39. The number of ether oxygens (including phenoxy) is 2. The fraction of sp³-hybridized carbons (Fsp3) is 0.550. The Hall–Kier alpha value is -1.97. The zero-order chi connectivity index (χ0) is 21.5. The zero-order valence-electron chi connectivity index (χ0n) is 16.0. The standard InChI is InChI=1S/C18H24FNO2.C2HF3O2/c1-2-10-21-17-11-18(22-13-17)8-3-9-20(14-18)12-15-4-6-16(19)7-5-15;3-2(4,5)1(6)7/h2,4-7,17H,1,3,8-14H2;(H,6,7). The van der Waals surface area contributed by atoms with Crippen molar-refractivity contribution >= 4 is 5.97 Å². The Labute approximate surface area is 166 Å². The van der Waals surface area contributed by atoms with E-state index in [1.54, 1.807) is 6.08 Å². The van der Waals surface area contributed by atoms with Gasteiger partial charge in [-0.3, -0.25) is 4.90 Å². The monoisotopic (exact) mass is 419 g/mol. The summed E-state index contributed by atoms with van der Waals surface area (Å²) in [6.45, 7) is 7.81. The summed E-state index contributed by atoms with van der Waals surface area (Å²) in [5, 5.41) is 7.12. The number of carboxylic acid groups (broad SMARTS) is 1. The number of hydrogen-bond acceptors (Lipinski definition) is 4. The minimum Gasteiger partial charge on any atom is -0.475 e. The molecule has 1 aromatic carbocycles. The van der Waals surface area contributed by atoms with E-state index in [4.69, 9.17) is 19.4 Å². The van der Waals surface area contributed by atoms with Gasteiger partial charge >= 0.3 is 12.1 Å². The third-order valence-corrected chi connectivity index (χ3v) is 4.81. The highest BCUT2D eigenvalue weighted by molar-refractivity contribution is 5.73. The summed E-state index contributed by atoms with van der Waals surface area (Å²) in [4.78, 5) is 11.3. The highest BCUT2D eigenvalue weighted by atomic mass is 19.4. The molecule has 0 bridgehead atoms. The van der Waals surface area contributed by atoms with Crippen LogP contribution in [-0.4, -0.2) is 60.2 Å². The van der Waals surface area contributed by atoms with Crippen molar-refractivity contribution in [3.63, 3.8) is 0 Å². The minimum atomic E-state index is -5.08. The first-order chi connectivity index (χ1) is 13.6. The van der Waals surface area contributed by atoms with Crippen molar-refractivity contribution < 1.29 is 36.9 Å². The number of piperidine rings is 1. The first-order valence-electron chi connectivity index (χ1n) is 9.27. The van der Waals surface area contributed by atoms with Crippen molar-refractivity contribution in [3.8, 4) is 0 Å². The van der Waals surface area contributed by atoms with Crippen LogP contribution in [0.2, 0.25) is 0 Å². The van der Waals surface area contributed by atoms with E-state index in [-0.39, 0.29) is 17.5 Å². The molecule has 2 heterocycles. The van der Waals surface area contributed by atoms with E-state index in [1.807, 2.05) is 12.1 Å². The van der Waals surface area contributed by atoms with E-state index >= 15 is 0 Å². The maximum Gasteiger partial charge on any atom is 0.490 e. The largest absolute Gasteiger partial charge is 0.490 e. The van der Waals surface area contributed by atoms with Crippen LogP contribution in [0.15, 0.2) is 36.9 Å². The van der Waals surface area contributed by atoms with Gasteiger partial charge < -0.3 is 14.6 Å². The van der Waals surface area contributed by atoms with Crippen molar-refractivity contribution in [2.45, 2.75) is 43.7 Å². The number of nitrogens with zero attached hydrogens (tertiary/aromatic N) is 1. The van der Waals surface area contributed by atoms with Crippen LogP contribution >= 0.6 is 0 Å². The lowest BCUT2D eigenvalue weighted by Crippen LogP contribution is -2.47. The van der Waals surface area contributed by atoms with Gasteiger partial charge in [0.05, 0.1) is 24.9 Å². The fourth-order valence-corrected chi connectivity index (χ4v) is 3.57. The van der Waals surface area contributed by atoms with E-state index in [2.05, 4.69) is 11.5 Å². The smallest absolute Gasteiger partial charge is 0.475 e. The van der Waals surface area contributed by atoms with Crippen LogP contribution in [0.5, 0.6) is 0 Å². The van der Waals surface area contributed by atoms with E-state index in [0.717, 1.165) is 44.5 Å². The van der Waals surface area contributed by atoms with E-state index in [1.165, 1.54) is 12.1 Å². The van der Waals surface area contributed by atoms with Gasteiger partial charge in [0.2, 0.25) is 0 Å². The summed E-state index contributed by atoms with van der Waals surface area (Å²) in [5.41, 5.74) is 1.08. The zero-order valence-corrected chi connectivity index (χ0v) is 16.0. The van der Waals surface area contributed by atoms with E-state index in [0.29, 0.717) is 13.2 Å². The Morgan fingerprint density at radius 2 is 2.03 bits per heavy atom. The van der Waals surface area contributed by atoms with Gasteiger partial charge in [-0.15, -0.1) is 6.58 Å². The third-order valence-electron chi connectivity index (χ3n) is 4.81. The summed E-state index contributed by atoms with van der Waals surface area (Å²) in [7, 11) is 0. The number of hydrogen-bond donors (Lipinski definition) is 1. The topological polar surface area (TPSA) is 59.0 Å². The molecule has 2 atom stereocenters. The molecule has 0 aliphatic carbocycles. The quantitative estimate of drug-likeness (QED) is 0.582. The van der Waals surface area contributed by atoms with Gasteiger partial charge in [0.15, 0.2) is 0 Å². The molecule has 0 amide bonds. The Bertz CT molecular complexity index is 680. The predicted octanol–water partition coefficient (Wildman–Crippen LogP) is 3.79. The van der Waals surface area contributed by atoms with Crippen molar-refractivity contribution in [2.24, 2.45) is 0 Å². The van der Waals surface area contributed by atoms with Crippen LogP contribution in [0.4, 0.5) is 17.6 Å². The highest BCUT2D eigenvalue weighted by Gasteiger charge is 2.43. The Kier molecular flexibility index (Phi) is 8.18. The van der Waals surface area contributed by atoms with Crippen molar-refractivity contribution in [2.75, 3.05) is 26.3 Å². The van der Waals surface area contributed by atoms with Crippen LogP contribution in [0, 0.1) is 5.82 Å². The third kappa shape index (κ3) is 7.41. The molecule has 2 aliphatic heterocycles. The van der Waals surface area contributed by atoms with Crippen molar-refractivity contribution in [3.05, 3.63) is 48.3 Å². The number of carbonyl (C=O) groups is 1. The molecule has 0 radical (unpaired) electrons. The van der Waals surface area contributed by atoms with Crippen LogP contribution in [0.25, 0.3) is 0 Å². The molecular weight excluding hydrogens is 394 g/mol. The molecule has 2 fully saturated rings. The van der Waals surface area contributed by atoms with Crippen LogP contribution < -0.4 is 0 Å². The van der Waals surface area contributed by atoms with Crippen molar-refractivity contribution in [1.82, 2.24) is 4.90 Å². The Balaban J connectivity index is 0.000000370. The molecule has 9 heteroatoms. The van der Waals surface area contributed by atoms with Gasteiger partial charge in [0.25, 0.3) is 0 Å². The average molecular weight is 419 g/mol. The van der Waals surface area contributed by atoms with Gasteiger partial charge in [-0.05, 0) is 37.1 Å². The number of likely N-dealkylation sites (tertiary alicyclic amines) is 1. The van der Waals surface area contributed by atoms with Crippen LogP contribution in [-0.2, 0) is 20.8 Å². The first kappa shape index (κ1) is 23.3.